The number of ether oxygens (including phenoxy) is 1. The summed E-state index contributed by atoms with van der Waals surface area (Å²) in [6.45, 7) is 0.0706. The fourth-order valence-corrected chi connectivity index (χ4v) is 2.02. The summed E-state index contributed by atoms with van der Waals surface area (Å²) in [5.41, 5.74) is 8.81. The second-order valence-electron chi connectivity index (χ2n) is 4.05. The average Bonchev–Trinajstić information content (AvgIpc) is 2.79. The maximum absolute atomic E-state index is 11.3. The Kier molecular flexibility index (Phi) is 3.18. The van der Waals surface area contributed by atoms with Crippen LogP contribution < -0.4 is 0 Å². The van der Waals surface area contributed by atoms with Crippen LogP contribution in [0.3, 0.4) is 0 Å². The first-order valence-electron chi connectivity index (χ1n) is 5.43. The van der Waals surface area contributed by atoms with E-state index in [1.165, 1.54) is 0 Å². The van der Waals surface area contributed by atoms with Crippen molar-refractivity contribution in [2.24, 2.45) is 5.11 Å². The van der Waals surface area contributed by atoms with E-state index in [9.17, 15) is 4.79 Å². The van der Waals surface area contributed by atoms with Gasteiger partial charge in [-0.25, -0.2) is 0 Å². The molecule has 1 saturated heterocycles. The van der Waals surface area contributed by atoms with E-state index >= 15 is 0 Å². The third-order valence-corrected chi connectivity index (χ3v) is 2.97. The number of esters is 1. The van der Waals surface area contributed by atoms with Gasteiger partial charge in [0.1, 0.15) is 5.60 Å². The van der Waals surface area contributed by atoms with Crippen LogP contribution in [-0.2, 0) is 15.1 Å². The predicted octanol–water partition coefficient (Wildman–Crippen LogP) is 2.40. The molecular weight excluding hydrogens is 232 g/mol. The van der Waals surface area contributed by atoms with Gasteiger partial charge in [-0.2, -0.15) is 5.26 Å². The normalized spacial score (nSPS) is 21.8. The minimum Gasteiger partial charge on any atom is -0.454 e. The van der Waals surface area contributed by atoms with E-state index in [-0.39, 0.29) is 12.5 Å². The summed E-state index contributed by atoms with van der Waals surface area (Å²) in [5, 5.41) is 12.3. The van der Waals surface area contributed by atoms with Crippen LogP contribution in [0.25, 0.3) is 10.4 Å². The highest BCUT2D eigenvalue weighted by atomic mass is 16.6. The average molecular weight is 242 g/mol. The number of rotatable bonds is 3. The van der Waals surface area contributed by atoms with E-state index in [4.69, 9.17) is 15.5 Å². The molecule has 0 unspecified atom stereocenters. The highest BCUT2D eigenvalue weighted by molar-refractivity contribution is 5.72. The Bertz CT molecular complexity index is 554. The molecular formula is C12H10N4O2. The molecule has 2 rings (SSSR count). The predicted molar refractivity (Wildman–Crippen MR) is 62.2 cm³/mol. The standard InChI is InChI=1S/C12H10N4O2/c13-7-9-1-3-10(4-2-9)12(8-15-16-14)6-5-11(17)18-12/h1-4H,5-6,8H2/t12-/m1/s1. The molecule has 0 N–H and O–H groups in total. The van der Waals surface area contributed by atoms with Crippen LogP contribution in [0.1, 0.15) is 24.0 Å². The summed E-state index contributed by atoms with van der Waals surface area (Å²) in [6.07, 6.45) is 0.789. The number of nitrogens with zero attached hydrogens (tertiary/aromatic N) is 4. The van der Waals surface area contributed by atoms with Crippen LogP contribution in [0, 0.1) is 11.3 Å². The van der Waals surface area contributed by atoms with E-state index in [0.717, 1.165) is 5.56 Å². The second kappa shape index (κ2) is 4.78. The zero-order valence-corrected chi connectivity index (χ0v) is 9.54. The number of carbonyl (C=O) groups is 1. The van der Waals surface area contributed by atoms with Crippen LogP contribution >= 0.6 is 0 Å². The minimum atomic E-state index is -0.878. The molecule has 6 nitrogen and oxygen atoms in total. The first-order chi connectivity index (χ1) is 8.70. The largest absolute Gasteiger partial charge is 0.454 e. The molecule has 0 aliphatic carbocycles. The van der Waals surface area contributed by atoms with Crippen LogP contribution in [0.15, 0.2) is 29.4 Å². The molecule has 0 bridgehead atoms. The summed E-state index contributed by atoms with van der Waals surface area (Å²) >= 11 is 0. The van der Waals surface area contributed by atoms with Gasteiger partial charge >= 0.3 is 5.97 Å². The number of hydrogen-bond donors (Lipinski definition) is 0. The van der Waals surface area contributed by atoms with E-state index in [0.29, 0.717) is 18.4 Å². The molecule has 1 aromatic carbocycles. The summed E-state index contributed by atoms with van der Waals surface area (Å²) in [7, 11) is 0. The molecule has 0 amide bonds. The quantitative estimate of drug-likeness (QED) is 0.352. The highest BCUT2D eigenvalue weighted by Gasteiger charge is 2.41. The van der Waals surface area contributed by atoms with Gasteiger partial charge in [0.15, 0.2) is 0 Å². The van der Waals surface area contributed by atoms with Gasteiger partial charge in [-0.3, -0.25) is 4.79 Å². The molecule has 90 valence electrons. The summed E-state index contributed by atoms with van der Waals surface area (Å²) in [5.74, 6) is -0.299. The van der Waals surface area contributed by atoms with Gasteiger partial charge in [-0.05, 0) is 23.2 Å². The molecule has 0 aromatic heterocycles. The Morgan fingerprint density at radius 2 is 2.22 bits per heavy atom. The van der Waals surface area contributed by atoms with Gasteiger partial charge in [0.05, 0.1) is 18.2 Å². The Labute approximate surface area is 103 Å². The van der Waals surface area contributed by atoms with Gasteiger partial charge in [0.2, 0.25) is 0 Å². The van der Waals surface area contributed by atoms with Gasteiger partial charge < -0.3 is 4.74 Å². The second-order valence-corrected chi connectivity index (χ2v) is 4.05. The molecule has 18 heavy (non-hydrogen) atoms. The molecule has 1 aliphatic heterocycles. The number of benzene rings is 1. The molecule has 0 radical (unpaired) electrons. The first kappa shape index (κ1) is 12.0. The van der Waals surface area contributed by atoms with Crippen LogP contribution in [0.5, 0.6) is 0 Å². The maximum Gasteiger partial charge on any atom is 0.306 e. The number of hydrogen-bond acceptors (Lipinski definition) is 4. The lowest BCUT2D eigenvalue weighted by molar-refractivity contribution is -0.148. The lowest BCUT2D eigenvalue weighted by Gasteiger charge is -2.26. The summed E-state index contributed by atoms with van der Waals surface area (Å²) in [6, 6.07) is 8.78. The van der Waals surface area contributed by atoms with Crippen molar-refractivity contribution in [3.63, 3.8) is 0 Å². The Morgan fingerprint density at radius 3 is 2.72 bits per heavy atom. The van der Waals surface area contributed by atoms with Crippen molar-refractivity contribution in [3.8, 4) is 6.07 Å². The number of cyclic esters (lactones) is 1. The molecule has 1 fully saturated rings. The molecule has 6 heteroatoms. The number of nitriles is 1. The van der Waals surface area contributed by atoms with Crippen molar-refractivity contribution in [3.05, 3.63) is 45.8 Å². The fourth-order valence-electron chi connectivity index (χ4n) is 2.02. The van der Waals surface area contributed by atoms with Crippen LogP contribution in [0.2, 0.25) is 0 Å². The molecule has 1 aromatic rings. The van der Waals surface area contributed by atoms with Crippen LogP contribution in [-0.4, -0.2) is 12.5 Å². The van der Waals surface area contributed by atoms with Gasteiger partial charge in [-0.15, -0.1) is 0 Å². The zero-order chi connectivity index (χ0) is 13.0. The zero-order valence-electron chi connectivity index (χ0n) is 9.54. The van der Waals surface area contributed by atoms with Crippen molar-refractivity contribution >= 4 is 5.97 Å². The molecule has 1 aliphatic rings. The van der Waals surface area contributed by atoms with Crippen molar-refractivity contribution in [2.45, 2.75) is 18.4 Å². The lowest BCUT2D eigenvalue weighted by Crippen LogP contribution is -2.29. The van der Waals surface area contributed by atoms with Crippen molar-refractivity contribution in [1.82, 2.24) is 0 Å². The fraction of sp³-hybridized carbons (Fsp3) is 0.333. The Hall–Kier alpha value is -2.51. The van der Waals surface area contributed by atoms with Gasteiger partial charge in [0.25, 0.3) is 0 Å². The molecule has 1 heterocycles. The Morgan fingerprint density at radius 1 is 1.50 bits per heavy atom. The maximum atomic E-state index is 11.3. The lowest BCUT2D eigenvalue weighted by atomic mass is 9.90. The monoisotopic (exact) mass is 242 g/mol. The van der Waals surface area contributed by atoms with E-state index in [2.05, 4.69) is 10.0 Å². The SMILES string of the molecule is N#Cc1ccc([C@]2(CN=[N+]=[N-])CCC(=O)O2)cc1. The summed E-state index contributed by atoms with van der Waals surface area (Å²) in [4.78, 5) is 14.0. The number of azide groups is 1. The topological polar surface area (TPSA) is 98.9 Å². The first-order valence-corrected chi connectivity index (χ1v) is 5.43. The minimum absolute atomic E-state index is 0.0706. The smallest absolute Gasteiger partial charge is 0.306 e. The molecule has 0 saturated carbocycles. The highest BCUT2D eigenvalue weighted by Crippen LogP contribution is 2.37. The van der Waals surface area contributed by atoms with Crippen LogP contribution in [0.4, 0.5) is 0 Å². The van der Waals surface area contributed by atoms with Gasteiger partial charge in [0, 0.05) is 17.8 Å². The van der Waals surface area contributed by atoms with E-state index in [1.54, 1.807) is 24.3 Å². The van der Waals surface area contributed by atoms with Gasteiger partial charge in [-0.1, -0.05) is 17.2 Å². The number of carbonyl (C=O) groups excluding carboxylic acids is 1. The third kappa shape index (κ3) is 2.12. The van der Waals surface area contributed by atoms with Crippen molar-refractivity contribution < 1.29 is 9.53 Å². The van der Waals surface area contributed by atoms with Crippen molar-refractivity contribution in [2.75, 3.05) is 6.54 Å². The Balaban J connectivity index is 2.36. The molecule has 0 spiro atoms. The van der Waals surface area contributed by atoms with E-state index in [1.807, 2.05) is 6.07 Å². The molecule has 1 atom stereocenters. The van der Waals surface area contributed by atoms with Crippen molar-refractivity contribution in [1.29, 1.82) is 5.26 Å². The third-order valence-electron chi connectivity index (χ3n) is 2.97. The summed E-state index contributed by atoms with van der Waals surface area (Å²) < 4.78 is 5.32. The van der Waals surface area contributed by atoms with E-state index < -0.39 is 5.60 Å².